The molecule has 0 saturated heterocycles. The third-order valence-electron chi connectivity index (χ3n) is 4.69. The molecule has 3 nitrogen and oxygen atoms in total. The topological polar surface area (TPSA) is 29.0 Å². The molecule has 0 N–H and O–H groups in total. The van der Waals surface area contributed by atoms with Crippen LogP contribution in [0.5, 0.6) is 0 Å². The average Bonchev–Trinajstić information content (AvgIpc) is 3.07. The van der Waals surface area contributed by atoms with Crippen molar-refractivity contribution in [2.45, 2.75) is 39.2 Å². The molecular formula is C21H21N3S2. The summed E-state index contributed by atoms with van der Waals surface area (Å²) in [6.07, 6.45) is 6.77. The van der Waals surface area contributed by atoms with Crippen molar-refractivity contribution >= 4 is 34.2 Å². The predicted octanol–water partition coefficient (Wildman–Crippen LogP) is 5.75. The highest BCUT2D eigenvalue weighted by molar-refractivity contribution is 7.80. The van der Waals surface area contributed by atoms with Crippen LogP contribution in [0.3, 0.4) is 0 Å². The number of pyridine rings is 1. The lowest BCUT2D eigenvalue weighted by atomic mass is 10.0. The molecule has 0 fully saturated rings. The summed E-state index contributed by atoms with van der Waals surface area (Å²) in [7, 11) is 0. The molecule has 0 atom stereocenters. The number of aryl methyl sites for hydroxylation is 1. The minimum atomic E-state index is 0.378. The fourth-order valence-corrected chi connectivity index (χ4v) is 4.75. The van der Waals surface area contributed by atoms with Crippen molar-refractivity contribution in [1.82, 2.24) is 9.97 Å². The molecule has 1 aliphatic heterocycles. The van der Waals surface area contributed by atoms with Crippen LogP contribution in [0.2, 0.25) is 0 Å². The van der Waals surface area contributed by atoms with Crippen molar-refractivity contribution in [2.75, 3.05) is 4.90 Å². The Morgan fingerprint density at radius 2 is 1.88 bits per heavy atom. The van der Waals surface area contributed by atoms with Gasteiger partial charge in [0.1, 0.15) is 5.01 Å². The Balaban J connectivity index is 1.71. The van der Waals surface area contributed by atoms with E-state index in [4.69, 9.17) is 17.2 Å². The molecule has 1 aromatic carbocycles. The van der Waals surface area contributed by atoms with Gasteiger partial charge in [-0.05, 0) is 62.9 Å². The first-order valence-corrected chi connectivity index (χ1v) is 10.2. The zero-order valence-electron chi connectivity index (χ0n) is 15.0. The summed E-state index contributed by atoms with van der Waals surface area (Å²) in [6, 6.07) is 11.1. The van der Waals surface area contributed by atoms with Gasteiger partial charge in [0.05, 0.1) is 10.7 Å². The van der Waals surface area contributed by atoms with E-state index >= 15 is 0 Å². The van der Waals surface area contributed by atoms with Crippen LogP contribution in [-0.2, 0) is 6.42 Å². The summed E-state index contributed by atoms with van der Waals surface area (Å²) in [4.78, 5) is 12.3. The zero-order valence-corrected chi connectivity index (χ0v) is 16.6. The highest BCUT2D eigenvalue weighted by atomic mass is 32.1. The van der Waals surface area contributed by atoms with Crippen molar-refractivity contribution in [1.29, 1.82) is 0 Å². The van der Waals surface area contributed by atoms with Gasteiger partial charge in [0.2, 0.25) is 0 Å². The van der Waals surface area contributed by atoms with Crippen molar-refractivity contribution in [3.63, 3.8) is 0 Å². The molecule has 0 unspecified atom stereocenters. The van der Waals surface area contributed by atoms with E-state index in [0.717, 1.165) is 40.5 Å². The molecule has 4 rings (SSSR count). The molecular weight excluding hydrogens is 358 g/mol. The van der Waals surface area contributed by atoms with Gasteiger partial charge in [0, 0.05) is 40.6 Å². The summed E-state index contributed by atoms with van der Waals surface area (Å²) in [6.45, 7) is 4.41. The van der Waals surface area contributed by atoms with Gasteiger partial charge >= 0.3 is 0 Å². The molecule has 26 heavy (non-hydrogen) atoms. The summed E-state index contributed by atoms with van der Waals surface area (Å²) in [5.74, 6) is 0. The van der Waals surface area contributed by atoms with E-state index < -0.39 is 0 Å². The van der Waals surface area contributed by atoms with Crippen LogP contribution in [-0.4, -0.2) is 21.0 Å². The first kappa shape index (κ1) is 17.3. The SMILES string of the molecule is CC(C)N1C(=S)CCCc2cc(-c3csc(-c4ccncc4)n3)ccc21. The molecule has 0 aliphatic carbocycles. The monoisotopic (exact) mass is 379 g/mol. The van der Waals surface area contributed by atoms with Crippen molar-refractivity contribution in [3.8, 4) is 21.8 Å². The minimum Gasteiger partial charge on any atom is -0.333 e. The maximum Gasteiger partial charge on any atom is 0.124 e. The van der Waals surface area contributed by atoms with Crippen LogP contribution >= 0.6 is 23.6 Å². The largest absolute Gasteiger partial charge is 0.333 e. The van der Waals surface area contributed by atoms with Crippen LogP contribution in [0.4, 0.5) is 5.69 Å². The van der Waals surface area contributed by atoms with Crippen LogP contribution < -0.4 is 4.90 Å². The Labute approximate surface area is 163 Å². The van der Waals surface area contributed by atoms with Gasteiger partial charge in [-0.25, -0.2) is 4.98 Å². The smallest absolute Gasteiger partial charge is 0.124 e. The summed E-state index contributed by atoms with van der Waals surface area (Å²) in [5, 5.41) is 3.17. The third kappa shape index (κ3) is 3.29. The lowest BCUT2D eigenvalue weighted by molar-refractivity contribution is 0.804. The number of benzene rings is 1. The second-order valence-corrected chi connectivity index (χ2v) is 8.16. The molecule has 0 saturated carbocycles. The average molecular weight is 380 g/mol. The minimum absolute atomic E-state index is 0.378. The Kier molecular flexibility index (Phi) is 4.83. The molecule has 3 heterocycles. The van der Waals surface area contributed by atoms with Crippen molar-refractivity contribution in [3.05, 3.63) is 53.7 Å². The van der Waals surface area contributed by atoms with Gasteiger partial charge in [-0.1, -0.05) is 18.3 Å². The second kappa shape index (κ2) is 7.25. The maximum absolute atomic E-state index is 5.66. The van der Waals surface area contributed by atoms with E-state index in [2.05, 4.69) is 47.3 Å². The first-order chi connectivity index (χ1) is 12.6. The molecule has 0 radical (unpaired) electrons. The Morgan fingerprint density at radius 1 is 1.08 bits per heavy atom. The molecule has 0 amide bonds. The van der Waals surface area contributed by atoms with Gasteiger partial charge in [-0.15, -0.1) is 11.3 Å². The fraction of sp³-hybridized carbons (Fsp3) is 0.286. The van der Waals surface area contributed by atoms with Gasteiger partial charge in [-0.2, -0.15) is 0 Å². The number of rotatable bonds is 3. The molecule has 0 bridgehead atoms. The van der Waals surface area contributed by atoms with Crippen LogP contribution in [0.25, 0.3) is 21.8 Å². The van der Waals surface area contributed by atoms with E-state index in [1.54, 1.807) is 11.3 Å². The van der Waals surface area contributed by atoms with Gasteiger partial charge in [0.25, 0.3) is 0 Å². The predicted molar refractivity (Wildman–Crippen MR) is 114 cm³/mol. The Bertz CT molecular complexity index is 931. The quantitative estimate of drug-likeness (QED) is 0.542. The lowest BCUT2D eigenvalue weighted by Gasteiger charge is -2.29. The number of hydrogen-bond acceptors (Lipinski definition) is 4. The number of nitrogens with zero attached hydrogens (tertiary/aromatic N) is 3. The van der Waals surface area contributed by atoms with E-state index in [1.165, 1.54) is 16.8 Å². The second-order valence-electron chi connectivity index (χ2n) is 6.83. The van der Waals surface area contributed by atoms with Crippen LogP contribution in [0, 0.1) is 0 Å². The fourth-order valence-electron chi connectivity index (χ4n) is 3.46. The number of thiazole rings is 1. The first-order valence-electron chi connectivity index (χ1n) is 8.95. The summed E-state index contributed by atoms with van der Waals surface area (Å²) >= 11 is 7.33. The van der Waals surface area contributed by atoms with Crippen molar-refractivity contribution < 1.29 is 0 Å². The maximum atomic E-state index is 5.66. The third-order valence-corrected chi connectivity index (χ3v) is 5.98. The Morgan fingerprint density at radius 3 is 2.65 bits per heavy atom. The van der Waals surface area contributed by atoms with E-state index in [1.807, 2.05) is 24.5 Å². The van der Waals surface area contributed by atoms with E-state index in [0.29, 0.717) is 6.04 Å². The van der Waals surface area contributed by atoms with Gasteiger partial charge in [-0.3, -0.25) is 4.98 Å². The van der Waals surface area contributed by atoms with Gasteiger partial charge < -0.3 is 4.90 Å². The molecule has 0 spiro atoms. The van der Waals surface area contributed by atoms with E-state index in [9.17, 15) is 0 Å². The number of thiocarbonyl (C=S) groups is 1. The van der Waals surface area contributed by atoms with E-state index in [-0.39, 0.29) is 0 Å². The molecule has 3 aromatic rings. The van der Waals surface area contributed by atoms with Gasteiger partial charge in [0.15, 0.2) is 0 Å². The molecule has 1 aliphatic rings. The Hall–Kier alpha value is -2.11. The number of aromatic nitrogens is 2. The summed E-state index contributed by atoms with van der Waals surface area (Å²) < 4.78 is 0. The lowest BCUT2D eigenvalue weighted by Crippen LogP contribution is -2.35. The highest BCUT2D eigenvalue weighted by Crippen LogP contribution is 2.34. The molecule has 5 heteroatoms. The number of fused-ring (bicyclic) bond motifs is 1. The number of hydrogen-bond donors (Lipinski definition) is 0. The van der Waals surface area contributed by atoms with Crippen molar-refractivity contribution in [2.24, 2.45) is 0 Å². The summed E-state index contributed by atoms with van der Waals surface area (Å²) in [5.41, 5.74) is 5.96. The highest BCUT2D eigenvalue weighted by Gasteiger charge is 2.22. The number of anilines is 1. The molecule has 2 aromatic heterocycles. The zero-order chi connectivity index (χ0) is 18.1. The van der Waals surface area contributed by atoms with Crippen LogP contribution in [0.1, 0.15) is 32.3 Å². The molecule has 132 valence electrons. The van der Waals surface area contributed by atoms with Crippen LogP contribution in [0.15, 0.2) is 48.1 Å². The normalized spacial score (nSPS) is 14.4. The standard InChI is InChI=1S/C21H21N3S2/c1-14(2)24-19-7-6-16(12-17(19)4-3-5-20(24)25)18-13-26-21(23-18)15-8-10-22-11-9-15/h6-14H,3-5H2,1-2H3.